The molecule has 29 heavy (non-hydrogen) atoms. The number of non-ortho nitro benzene ring substituents is 1. The van der Waals surface area contributed by atoms with Crippen molar-refractivity contribution in [3.05, 3.63) is 91.7 Å². The molecule has 3 aromatic rings. The van der Waals surface area contributed by atoms with Gasteiger partial charge < -0.3 is 10.0 Å². The number of aliphatic hydroxyl groups is 1. The third-order valence-electron chi connectivity index (χ3n) is 4.40. The lowest BCUT2D eigenvalue weighted by atomic mass is 10.2. The summed E-state index contributed by atoms with van der Waals surface area (Å²) < 4.78 is 0. The van der Waals surface area contributed by atoms with Gasteiger partial charge in [-0.25, -0.2) is 0 Å². The molecule has 0 atom stereocenters. The van der Waals surface area contributed by atoms with Gasteiger partial charge in [-0.1, -0.05) is 24.3 Å². The molecule has 2 aromatic carbocycles. The molecule has 0 fully saturated rings. The summed E-state index contributed by atoms with van der Waals surface area (Å²) >= 11 is 1.68. The molecule has 6 heteroatoms. The Balaban J connectivity index is 1.61. The number of aliphatic hydroxyl groups excluding tert-OH is 1. The molecule has 0 spiro atoms. The van der Waals surface area contributed by atoms with E-state index in [4.69, 9.17) is 5.11 Å². The summed E-state index contributed by atoms with van der Waals surface area (Å²) in [7, 11) is 1.96. The van der Waals surface area contributed by atoms with Crippen LogP contribution in [0.3, 0.4) is 0 Å². The van der Waals surface area contributed by atoms with E-state index in [-0.39, 0.29) is 12.3 Å². The molecule has 0 amide bonds. The standard InChI is InChI=1S/C23H22N2O3S/c1-24(16-17-26)20-8-2-18(3-9-20)6-12-22-14-15-23(29-22)13-7-19-4-10-21(11-5-19)25(27)28/h2-15,26H,16-17H2,1H3/b12-6+,13-7+. The SMILES string of the molecule is CN(CCO)c1ccc(/C=C/c2ccc(/C=C/c3ccc([N+](=O)[O-])cc3)s2)cc1. The molecule has 1 heterocycles. The number of nitro groups is 1. The monoisotopic (exact) mass is 406 g/mol. The first-order chi connectivity index (χ1) is 14.0. The topological polar surface area (TPSA) is 66.6 Å². The number of rotatable bonds is 8. The van der Waals surface area contributed by atoms with E-state index in [1.807, 2.05) is 36.2 Å². The highest BCUT2D eigenvalue weighted by molar-refractivity contribution is 7.13. The lowest BCUT2D eigenvalue weighted by Crippen LogP contribution is -2.20. The normalized spacial score (nSPS) is 11.4. The van der Waals surface area contributed by atoms with Crippen LogP contribution < -0.4 is 4.90 Å². The van der Waals surface area contributed by atoms with Crippen LogP contribution in [0.2, 0.25) is 0 Å². The quantitative estimate of drug-likeness (QED) is 0.400. The first-order valence-electron chi connectivity index (χ1n) is 9.18. The Morgan fingerprint density at radius 1 is 0.897 bits per heavy atom. The molecule has 3 rings (SSSR count). The van der Waals surface area contributed by atoms with E-state index in [1.54, 1.807) is 23.5 Å². The van der Waals surface area contributed by atoms with Gasteiger partial charge in [0.25, 0.3) is 5.69 Å². The summed E-state index contributed by atoms with van der Waals surface area (Å²) in [6, 6.07) is 18.8. The smallest absolute Gasteiger partial charge is 0.269 e. The van der Waals surface area contributed by atoms with Crippen LogP contribution in [0.25, 0.3) is 24.3 Å². The van der Waals surface area contributed by atoms with Crippen molar-refractivity contribution in [1.29, 1.82) is 0 Å². The summed E-state index contributed by atoms with van der Waals surface area (Å²) in [5.74, 6) is 0. The molecular weight excluding hydrogens is 384 g/mol. The van der Waals surface area contributed by atoms with Crippen molar-refractivity contribution in [2.45, 2.75) is 0 Å². The second-order valence-corrected chi connectivity index (χ2v) is 7.64. The lowest BCUT2D eigenvalue weighted by Gasteiger charge is -2.17. The first-order valence-corrected chi connectivity index (χ1v) is 9.99. The zero-order valence-electron chi connectivity index (χ0n) is 16.1. The van der Waals surface area contributed by atoms with Gasteiger partial charge in [-0.15, -0.1) is 11.3 Å². The molecule has 148 valence electrons. The van der Waals surface area contributed by atoms with Crippen LogP contribution >= 0.6 is 11.3 Å². The minimum Gasteiger partial charge on any atom is -0.395 e. The zero-order valence-corrected chi connectivity index (χ0v) is 16.9. The van der Waals surface area contributed by atoms with E-state index >= 15 is 0 Å². The molecule has 0 aliphatic carbocycles. The van der Waals surface area contributed by atoms with E-state index in [0.29, 0.717) is 6.54 Å². The second kappa shape index (κ2) is 9.82. The number of thiophene rings is 1. The molecule has 0 saturated carbocycles. The molecule has 5 nitrogen and oxygen atoms in total. The van der Waals surface area contributed by atoms with Gasteiger partial charge in [0.05, 0.1) is 11.5 Å². The van der Waals surface area contributed by atoms with E-state index in [2.05, 4.69) is 36.4 Å². The number of anilines is 1. The number of hydrogen-bond donors (Lipinski definition) is 1. The summed E-state index contributed by atoms with van der Waals surface area (Å²) in [6.45, 7) is 0.748. The van der Waals surface area contributed by atoms with Gasteiger partial charge in [-0.05, 0) is 59.7 Å². The van der Waals surface area contributed by atoms with Crippen LogP contribution in [0, 0.1) is 10.1 Å². The van der Waals surface area contributed by atoms with E-state index in [0.717, 1.165) is 26.6 Å². The third-order valence-corrected chi connectivity index (χ3v) is 5.42. The van der Waals surface area contributed by atoms with Crippen LogP contribution in [-0.2, 0) is 0 Å². The van der Waals surface area contributed by atoms with Gasteiger partial charge in [0, 0.05) is 41.2 Å². The predicted octanol–water partition coefficient (Wildman–Crippen LogP) is 5.43. The van der Waals surface area contributed by atoms with Crippen molar-refractivity contribution in [3.63, 3.8) is 0 Å². The average molecular weight is 407 g/mol. The summed E-state index contributed by atoms with van der Waals surface area (Å²) in [6.07, 6.45) is 8.12. The van der Waals surface area contributed by atoms with Crippen LogP contribution in [-0.4, -0.2) is 30.2 Å². The Hall–Kier alpha value is -3.22. The van der Waals surface area contributed by atoms with Crippen LogP contribution in [0.15, 0.2) is 60.7 Å². The molecule has 1 aromatic heterocycles. The van der Waals surface area contributed by atoms with Crippen molar-refractivity contribution in [1.82, 2.24) is 0 Å². The molecule has 0 aliphatic rings. The number of benzene rings is 2. The highest BCUT2D eigenvalue weighted by atomic mass is 32.1. The second-order valence-electron chi connectivity index (χ2n) is 6.49. The molecule has 0 saturated heterocycles. The fraction of sp³-hybridized carbons (Fsp3) is 0.130. The van der Waals surface area contributed by atoms with Gasteiger partial charge in [0.1, 0.15) is 0 Å². The Labute approximate surface area is 174 Å². The third kappa shape index (κ3) is 5.88. The largest absolute Gasteiger partial charge is 0.395 e. The number of nitrogens with zero attached hydrogens (tertiary/aromatic N) is 2. The maximum atomic E-state index is 10.7. The van der Waals surface area contributed by atoms with Crippen LogP contribution in [0.4, 0.5) is 11.4 Å². The van der Waals surface area contributed by atoms with Gasteiger partial charge in [0.15, 0.2) is 0 Å². The highest BCUT2D eigenvalue weighted by Gasteiger charge is 2.02. The van der Waals surface area contributed by atoms with Gasteiger partial charge in [-0.2, -0.15) is 0 Å². The zero-order chi connectivity index (χ0) is 20.6. The number of nitro benzene ring substituents is 1. The van der Waals surface area contributed by atoms with Crippen molar-refractivity contribution >= 4 is 47.0 Å². The van der Waals surface area contributed by atoms with Crippen molar-refractivity contribution in [2.24, 2.45) is 0 Å². The maximum Gasteiger partial charge on any atom is 0.269 e. The molecule has 1 N–H and O–H groups in total. The lowest BCUT2D eigenvalue weighted by molar-refractivity contribution is -0.384. The minimum absolute atomic E-state index is 0.0961. The van der Waals surface area contributed by atoms with Crippen molar-refractivity contribution in [2.75, 3.05) is 25.1 Å². The Morgan fingerprint density at radius 3 is 1.90 bits per heavy atom. The molecule has 0 bridgehead atoms. The molecule has 0 unspecified atom stereocenters. The molecule has 0 radical (unpaired) electrons. The van der Waals surface area contributed by atoms with Crippen LogP contribution in [0.5, 0.6) is 0 Å². The maximum absolute atomic E-state index is 10.7. The van der Waals surface area contributed by atoms with E-state index in [9.17, 15) is 10.1 Å². The summed E-state index contributed by atoms with van der Waals surface area (Å²) in [5, 5.41) is 19.7. The molecular formula is C23H22N2O3S. The Morgan fingerprint density at radius 2 is 1.41 bits per heavy atom. The average Bonchev–Trinajstić information content (AvgIpc) is 3.19. The fourth-order valence-electron chi connectivity index (χ4n) is 2.73. The number of hydrogen-bond acceptors (Lipinski definition) is 5. The van der Waals surface area contributed by atoms with Gasteiger partial charge in [-0.3, -0.25) is 10.1 Å². The van der Waals surface area contributed by atoms with E-state index < -0.39 is 4.92 Å². The van der Waals surface area contributed by atoms with Gasteiger partial charge in [0.2, 0.25) is 0 Å². The highest BCUT2D eigenvalue weighted by Crippen LogP contribution is 2.22. The fourth-order valence-corrected chi connectivity index (χ4v) is 3.55. The van der Waals surface area contributed by atoms with E-state index in [1.165, 1.54) is 12.1 Å². The predicted molar refractivity (Wildman–Crippen MR) is 122 cm³/mol. The van der Waals surface area contributed by atoms with Gasteiger partial charge >= 0.3 is 0 Å². The Bertz CT molecular complexity index is 1010. The number of likely N-dealkylation sites (N-methyl/N-ethyl adjacent to an activating group) is 1. The molecule has 0 aliphatic heterocycles. The van der Waals surface area contributed by atoms with Crippen molar-refractivity contribution < 1.29 is 10.0 Å². The van der Waals surface area contributed by atoms with Crippen LogP contribution in [0.1, 0.15) is 20.9 Å². The first kappa shape index (κ1) is 20.5. The summed E-state index contributed by atoms with van der Waals surface area (Å²) in [5.41, 5.74) is 3.21. The van der Waals surface area contributed by atoms with Crippen molar-refractivity contribution in [3.8, 4) is 0 Å². The Kier molecular flexibility index (Phi) is 6.94. The minimum atomic E-state index is -0.397. The summed E-state index contributed by atoms with van der Waals surface area (Å²) in [4.78, 5) is 14.6.